The predicted octanol–water partition coefficient (Wildman–Crippen LogP) is 3.00. The van der Waals surface area contributed by atoms with E-state index in [4.69, 9.17) is 0 Å². The molecule has 5 heteroatoms. The molecule has 0 bridgehead atoms. The largest absolute Gasteiger partial charge is 0.370 e. The van der Waals surface area contributed by atoms with Gasteiger partial charge in [0.1, 0.15) is 12.1 Å². The minimum absolute atomic E-state index is 0.630. The Hall–Kier alpha value is -2.43. The maximum atomic E-state index is 4.57. The second kappa shape index (κ2) is 5.16. The van der Waals surface area contributed by atoms with Crippen LogP contribution < -0.4 is 5.32 Å². The van der Waals surface area contributed by atoms with Gasteiger partial charge in [0, 0.05) is 18.2 Å². The Balaban J connectivity index is 1.68. The molecule has 0 aliphatic heterocycles. The smallest absolute Gasteiger partial charge is 0.254 e. The Labute approximate surface area is 123 Å². The fourth-order valence-corrected chi connectivity index (χ4v) is 2.51. The van der Waals surface area contributed by atoms with Crippen molar-refractivity contribution in [3.8, 4) is 11.3 Å². The number of hydrogen-bond donors (Lipinski definition) is 1. The summed E-state index contributed by atoms with van der Waals surface area (Å²) in [6.07, 6.45) is 5.53. The third-order valence-corrected chi connectivity index (χ3v) is 3.88. The first kappa shape index (κ1) is 12.3. The number of fused-ring (bicyclic) bond motifs is 1. The third kappa shape index (κ3) is 2.59. The van der Waals surface area contributed by atoms with Gasteiger partial charge in [-0.1, -0.05) is 43.2 Å². The fraction of sp³-hybridized carbons (Fsp3) is 0.312. The highest BCUT2D eigenvalue weighted by Crippen LogP contribution is 2.32. The standard InChI is InChI=1S/C16H17N5/c1-2-4-13(5-3-1)14-10-15(17-9-8-12-6-7-12)21-16(20-14)18-11-19-21/h1-5,10-12,17H,6-9H2. The van der Waals surface area contributed by atoms with Gasteiger partial charge in [0.2, 0.25) is 0 Å². The summed E-state index contributed by atoms with van der Waals surface area (Å²) < 4.78 is 1.76. The van der Waals surface area contributed by atoms with E-state index in [1.54, 1.807) is 10.8 Å². The topological polar surface area (TPSA) is 55.1 Å². The van der Waals surface area contributed by atoms with Crippen molar-refractivity contribution < 1.29 is 0 Å². The molecule has 0 amide bonds. The summed E-state index contributed by atoms with van der Waals surface area (Å²) in [4.78, 5) is 8.79. The summed E-state index contributed by atoms with van der Waals surface area (Å²) in [6, 6.07) is 12.2. The number of nitrogens with zero attached hydrogens (tertiary/aromatic N) is 4. The monoisotopic (exact) mass is 279 g/mol. The Bertz CT molecular complexity index is 746. The summed E-state index contributed by atoms with van der Waals surface area (Å²) in [5.41, 5.74) is 2.01. The molecule has 4 rings (SSSR count). The zero-order valence-corrected chi connectivity index (χ0v) is 11.7. The van der Waals surface area contributed by atoms with E-state index >= 15 is 0 Å². The predicted molar refractivity (Wildman–Crippen MR) is 82.0 cm³/mol. The SMILES string of the molecule is c1ccc(-c2cc(NCCC3CC3)n3ncnc3n2)cc1. The number of anilines is 1. The van der Waals surface area contributed by atoms with Crippen LogP contribution in [0, 0.1) is 5.92 Å². The molecule has 1 aliphatic carbocycles. The van der Waals surface area contributed by atoms with Crippen LogP contribution in [0.5, 0.6) is 0 Å². The molecule has 2 aromatic heterocycles. The minimum atomic E-state index is 0.630. The summed E-state index contributed by atoms with van der Waals surface area (Å²) in [5, 5.41) is 7.72. The fourth-order valence-electron chi connectivity index (χ4n) is 2.51. The van der Waals surface area contributed by atoms with Crippen LogP contribution in [-0.4, -0.2) is 26.1 Å². The maximum Gasteiger partial charge on any atom is 0.254 e. The Morgan fingerprint density at radius 3 is 2.86 bits per heavy atom. The lowest BCUT2D eigenvalue weighted by atomic mass is 10.1. The Morgan fingerprint density at radius 1 is 1.19 bits per heavy atom. The van der Waals surface area contributed by atoms with Gasteiger partial charge in [0.05, 0.1) is 5.69 Å². The lowest BCUT2D eigenvalue weighted by Crippen LogP contribution is -2.08. The molecule has 2 heterocycles. The second-order valence-corrected chi connectivity index (χ2v) is 5.52. The molecular formula is C16H17N5. The molecule has 5 nitrogen and oxygen atoms in total. The van der Waals surface area contributed by atoms with E-state index in [0.29, 0.717) is 5.78 Å². The highest BCUT2D eigenvalue weighted by molar-refractivity contribution is 5.65. The number of nitrogens with one attached hydrogen (secondary N) is 1. The van der Waals surface area contributed by atoms with Crippen molar-refractivity contribution in [2.45, 2.75) is 19.3 Å². The number of hydrogen-bond acceptors (Lipinski definition) is 4. The van der Waals surface area contributed by atoms with Crippen LogP contribution in [0.15, 0.2) is 42.7 Å². The van der Waals surface area contributed by atoms with Crippen LogP contribution in [0.1, 0.15) is 19.3 Å². The van der Waals surface area contributed by atoms with Crippen molar-refractivity contribution in [3.63, 3.8) is 0 Å². The zero-order chi connectivity index (χ0) is 14.1. The van der Waals surface area contributed by atoms with Gasteiger partial charge >= 0.3 is 0 Å². The van der Waals surface area contributed by atoms with E-state index in [9.17, 15) is 0 Å². The summed E-state index contributed by atoms with van der Waals surface area (Å²) in [6.45, 7) is 0.970. The van der Waals surface area contributed by atoms with Crippen LogP contribution in [0.25, 0.3) is 17.0 Å². The first-order chi connectivity index (χ1) is 10.4. The molecule has 3 aromatic rings. The van der Waals surface area contributed by atoms with Gasteiger partial charge in [0.15, 0.2) is 0 Å². The molecule has 0 atom stereocenters. The number of aromatic nitrogens is 4. The number of rotatable bonds is 5. The first-order valence-electron chi connectivity index (χ1n) is 7.40. The molecule has 0 radical (unpaired) electrons. The zero-order valence-electron chi connectivity index (χ0n) is 11.7. The normalized spacial score (nSPS) is 14.5. The lowest BCUT2D eigenvalue weighted by Gasteiger charge is -2.09. The van der Waals surface area contributed by atoms with E-state index in [-0.39, 0.29) is 0 Å². The molecule has 1 aliphatic rings. The van der Waals surface area contributed by atoms with Crippen molar-refractivity contribution in [1.29, 1.82) is 0 Å². The molecule has 1 saturated carbocycles. The van der Waals surface area contributed by atoms with Gasteiger partial charge in [-0.15, -0.1) is 0 Å². The van der Waals surface area contributed by atoms with Crippen molar-refractivity contribution in [2.75, 3.05) is 11.9 Å². The van der Waals surface area contributed by atoms with Gasteiger partial charge in [-0.3, -0.25) is 0 Å². The highest BCUT2D eigenvalue weighted by atomic mass is 15.3. The average Bonchev–Trinajstić information content (AvgIpc) is 3.22. The summed E-state index contributed by atoms with van der Waals surface area (Å²) in [5.74, 6) is 2.50. The quantitative estimate of drug-likeness (QED) is 0.780. The highest BCUT2D eigenvalue weighted by Gasteiger charge is 2.20. The molecular weight excluding hydrogens is 262 g/mol. The van der Waals surface area contributed by atoms with Gasteiger partial charge < -0.3 is 5.32 Å². The van der Waals surface area contributed by atoms with Crippen LogP contribution in [-0.2, 0) is 0 Å². The maximum absolute atomic E-state index is 4.57. The Morgan fingerprint density at radius 2 is 2.05 bits per heavy atom. The van der Waals surface area contributed by atoms with Gasteiger partial charge in [-0.05, 0) is 12.3 Å². The minimum Gasteiger partial charge on any atom is -0.370 e. The van der Waals surface area contributed by atoms with Gasteiger partial charge in [-0.2, -0.15) is 14.6 Å². The molecule has 1 aromatic carbocycles. The first-order valence-corrected chi connectivity index (χ1v) is 7.40. The van der Waals surface area contributed by atoms with Gasteiger partial charge in [-0.25, -0.2) is 4.98 Å². The molecule has 21 heavy (non-hydrogen) atoms. The number of benzene rings is 1. The van der Waals surface area contributed by atoms with Crippen LogP contribution in [0.3, 0.4) is 0 Å². The summed E-state index contributed by atoms with van der Waals surface area (Å²) in [7, 11) is 0. The third-order valence-electron chi connectivity index (χ3n) is 3.88. The van der Waals surface area contributed by atoms with E-state index in [1.165, 1.54) is 19.3 Å². The van der Waals surface area contributed by atoms with Crippen molar-refractivity contribution in [1.82, 2.24) is 19.6 Å². The average molecular weight is 279 g/mol. The summed E-state index contributed by atoms with van der Waals surface area (Å²) >= 11 is 0. The molecule has 0 saturated heterocycles. The lowest BCUT2D eigenvalue weighted by molar-refractivity contribution is 0.754. The van der Waals surface area contributed by atoms with E-state index < -0.39 is 0 Å². The molecule has 1 N–H and O–H groups in total. The molecule has 106 valence electrons. The molecule has 0 spiro atoms. The van der Waals surface area contributed by atoms with Crippen molar-refractivity contribution in [3.05, 3.63) is 42.7 Å². The van der Waals surface area contributed by atoms with E-state index in [0.717, 1.165) is 29.5 Å². The van der Waals surface area contributed by atoms with Crippen molar-refractivity contribution in [2.24, 2.45) is 5.92 Å². The van der Waals surface area contributed by atoms with Crippen LogP contribution in [0.4, 0.5) is 5.82 Å². The Kier molecular flexibility index (Phi) is 3.03. The van der Waals surface area contributed by atoms with Crippen LogP contribution in [0.2, 0.25) is 0 Å². The van der Waals surface area contributed by atoms with Gasteiger partial charge in [0.25, 0.3) is 5.78 Å². The van der Waals surface area contributed by atoms with E-state index in [1.807, 2.05) is 24.3 Å². The molecule has 0 unspecified atom stereocenters. The van der Waals surface area contributed by atoms with Crippen LogP contribution >= 0.6 is 0 Å². The molecule has 1 fully saturated rings. The second-order valence-electron chi connectivity index (χ2n) is 5.52. The van der Waals surface area contributed by atoms with Crippen molar-refractivity contribution >= 4 is 11.6 Å². The van der Waals surface area contributed by atoms with E-state index in [2.05, 4.69) is 32.5 Å².